The third-order valence-corrected chi connectivity index (χ3v) is 4.00. The van der Waals surface area contributed by atoms with Gasteiger partial charge in [-0.25, -0.2) is 4.39 Å². The molecule has 0 saturated carbocycles. The lowest BCUT2D eigenvalue weighted by atomic mass is 10.1. The summed E-state index contributed by atoms with van der Waals surface area (Å²) in [5, 5.41) is 0. The summed E-state index contributed by atoms with van der Waals surface area (Å²) in [6.45, 7) is 6.38. The third-order valence-electron chi connectivity index (χ3n) is 4.00. The van der Waals surface area contributed by atoms with Crippen LogP contribution in [-0.2, 0) is 0 Å². The van der Waals surface area contributed by atoms with Gasteiger partial charge in [-0.3, -0.25) is 9.69 Å². The van der Waals surface area contributed by atoms with E-state index in [-0.39, 0.29) is 17.8 Å². The van der Waals surface area contributed by atoms with Crippen LogP contribution >= 0.6 is 0 Å². The normalized spacial score (nSPS) is 14.5. The van der Waals surface area contributed by atoms with E-state index >= 15 is 0 Å². The number of benzene rings is 2. The molecule has 2 aromatic carbocycles. The zero-order chi connectivity index (χ0) is 15.9. The smallest absolute Gasteiger partial charge is 0.261 e. The Morgan fingerprint density at radius 2 is 1.82 bits per heavy atom. The molecule has 0 unspecified atom stereocenters. The van der Waals surface area contributed by atoms with Gasteiger partial charge in [-0.05, 0) is 50.6 Å². The molecule has 0 spiro atoms. The highest BCUT2D eigenvalue weighted by atomic mass is 19.1. The summed E-state index contributed by atoms with van der Waals surface area (Å²) in [7, 11) is 0. The number of rotatable bonds is 2. The highest BCUT2D eigenvalue weighted by Crippen LogP contribution is 2.32. The molecule has 0 bridgehead atoms. The Bertz CT molecular complexity index is 727. The Labute approximate surface area is 130 Å². The Morgan fingerprint density at radius 3 is 2.55 bits per heavy atom. The minimum Gasteiger partial charge on any atom is -0.350 e. The number of carbonyl (C=O) groups excluding carboxylic acids is 1. The van der Waals surface area contributed by atoms with Crippen LogP contribution in [0.1, 0.15) is 29.8 Å². The fourth-order valence-corrected chi connectivity index (χ4v) is 2.80. The maximum Gasteiger partial charge on any atom is 0.261 e. The first-order valence-corrected chi connectivity index (χ1v) is 7.42. The lowest BCUT2D eigenvalue weighted by Gasteiger charge is -2.40. The second kappa shape index (κ2) is 5.44. The second-order valence-electron chi connectivity index (χ2n) is 5.91. The number of fused-ring (bicyclic) bond motifs is 1. The summed E-state index contributed by atoms with van der Waals surface area (Å²) in [6.07, 6.45) is 0. The maximum atomic E-state index is 14.2. The van der Waals surface area contributed by atoms with Crippen molar-refractivity contribution < 1.29 is 9.18 Å². The number of halogens is 1. The van der Waals surface area contributed by atoms with Crippen LogP contribution < -0.4 is 9.80 Å². The number of nitrogens with zero attached hydrogens (tertiary/aromatic N) is 2. The number of hydrogen-bond donors (Lipinski definition) is 0. The van der Waals surface area contributed by atoms with E-state index in [0.717, 1.165) is 11.3 Å². The highest BCUT2D eigenvalue weighted by Gasteiger charge is 2.32. The van der Waals surface area contributed by atoms with Crippen molar-refractivity contribution in [2.45, 2.75) is 26.8 Å². The van der Waals surface area contributed by atoms with Gasteiger partial charge in [0.05, 0.1) is 23.6 Å². The molecule has 0 fully saturated rings. The van der Waals surface area contributed by atoms with E-state index in [1.54, 1.807) is 18.2 Å². The standard InChI is InChI=1S/C18H19FN2O/c1-12(2)20-11-21(17-10-13(3)8-9-15(17)19)18(22)14-6-4-5-7-16(14)20/h4-10,12H,11H2,1-3H3. The average Bonchev–Trinajstić information content (AvgIpc) is 2.50. The van der Waals surface area contributed by atoms with Gasteiger partial charge in [0.1, 0.15) is 5.82 Å². The Hall–Kier alpha value is -2.36. The van der Waals surface area contributed by atoms with Crippen molar-refractivity contribution in [1.29, 1.82) is 0 Å². The largest absolute Gasteiger partial charge is 0.350 e. The van der Waals surface area contributed by atoms with Crippen molar-refractivity contribution >= 4 is 17.3 Å². The number of carbonyl (C=O) groups is 1. The number of anilines is 2. The number of aryl methyl sites for hydroxylation is 1. The van der Waals surface area contributed by atoms with Gasteiger partial charge >= 0.3 is 0 Å². The van der Waals surface area contributed by atoms with Gasteiger partial charge in [0, 0.05) is 6.04 Å². The van der Waals surface area contributed by atoms with Gasteiger partial charge in [0.25, 0.3) is 5.91 Å². The van der Waals surface area contributed by atoms with E-state index in [1.165, 1.54) is 11.0 Å². The van der Waals surface area contributed by atoms with Crippen LogP contribution in [0, 0.1) is 12.7 Å². The molecule has 3 nitrogen and oxygen atoms in total. The fraction of sp³-hybridized carbons (Fsp3) is 0.278. The predicted octanol–water partition coefficient (Wildman–Crippen LogP) is 3.97. The van der Waals surface area contributed by atoms with E-state index in [2.05, 4.69) is 18.7 Å². The topological polar surface area (TPSA) is 23.6 Å². The number of hydrogen-bond acceptors (Lipinski definition) is 2. The van der Waals surface area contributed by atoms with Crippen LogP contribution in [0.2, 0.25) is 0 Å². The first-order chi connectivity index (χ1) is 10.5. The van der Waals surface area contributed by atoms with Crippen molar-refractivity contribution in [3.63, 3.8) is 0 Å². The van der Waals surface area contributed by atoms with E-state index in [9.17, 15) is 9.18 Å². The van der Waals surface area contributed by atoms with Crippen LogP contribution in [0.3, 0.4) is 0 Å². The lowest BCUT2D eigenvalue weighted by molar-refractivity contribution is 0.0980. The molecule has 22 heavy (non-hydrogen) atoms. The summed E-state index contributed by atoms with van der Waals surface area (Å²) in [5.74, 6) is -0.529. The van der Waals surface area contributed by atoms with Crippen LogP contribution in [0.4, 0.5) is 15.8 Å². The molecule has 0 saturated heterocycles. The van der Waals surface area contributed by atoms with Gasteiger partial charge in [-0.15, -0.1) is 0 Å². The maximum absolute atomic E-state index is 14.2. The van der Waals surface area contributed by atoms with Crippen molar-refractivity contribution in [2.24, 2.45) is 0 Å². The summed E-state index contributed by atoms with van der Waals surface area (Å²) in [5.41, 5.74) is 2.79. The highest BCUT2D eigenvalue weighted by molar-refractivity contribution is 6.11. The molecule has 114 valence electrons. The summed E-state index contributed by atoms with van der Waals surface area (Å²) < 4.78 is 14.2. The molecule has 0 N–H and O–H groups in total. The van der Waals surface area contributed by atoms with Crippen molar-refractivity contribution in [3.05, 3.63) is 59.4 Å². The Kier molecular flexibility index (Phi) is 3.61. The van der Waals surface area contributed by atoms with E-state index in [0.29, 0.717) is 17.9 Å². The molecule has 0 atom stereocenters. The Morgan fingerprint density at radius 1 is 1.09 bits per heavy atom. The zero-order valence-electron chi connectivity index (χ0n) is 13.0. The molecule has 1 aliphatic heterocycles. The monoisotopic (exact) mass is 298 g/mol. The van der Waals surface area contributed by atoms with Gasteiger partial charge < -0.3 is 4.90 Å². The first kappa shape index (κ1) is 14.6. The molecule has 4 heteroatoms. The third kappa shape index (κ3) is 2.34. The van der Waals surface area contributed by atoms with Crippen LogP contribution in [0.25, 0.3) is 0 Å². The molecule has 0 aliphatic carbocycles. The minimum atomic E-state index is -0.373. The molecule has 2 aromatic rings. The minimum absolute atomic E-state index is 0.156. The molecule has 1 amide bonds. The SMILES string of the molecule is Cc1ccc(F)c(N2CN(C(C)C)c3ccccc3C2=O)c1. The van der Waals surface area contributed by atoms with Gasteiger partial charge in [-0.1, -0.05) is 18.2 Å². The first-order valence-electron chi connectivity index (χ1n) is 7.42. The Balaban J connectivity index is 2.12. The summed E-state index contributed by atoms with van der Waals surface area (Å²) >= 11 is 0. The summed E-state index contributed by atoms with van der Waals surface area (Å²) in [6, 6.07) is 12.6. The van der Waals surface area contributed by atoms with Crippen LogP contribution in [0.15, 0.2) is 42.5 Å². The van der Waals surface area contributed by atoms with Gasteiger partial charge in [-0.2, -0.15) is 0 Å². The predicted molar refractivity (Wildman–Crippen MR) is 86.9 cm³/mol. The van der Waals surface area contributed by atoms with Gasteiger partial charge in [0.15, 0.2) is 0 Å². The molecule has 0 aromatic heterocycles. The second-order valence-corrected chi connectivity index (χ2v) is 5.91. The van der Waals surface area contributed by atoms with Crippen LogP contribution in [0.5, 0.6) is 0 Å². The molecule has 1 heterocycles. The molecular weight excluding hydrogens is 279 g/mol. The van der Waals surface area contributed by atoms with E-state index in [1.807, 2.05) is 25.1 Å². The van der Waals surface area contributed by atoms with Crippen molar-refractivity contribution in [2.75, 3.05) is 16.5 Å². The average molecular weight is 298 g/mol. The van der Waals surface area contributed by atoms with Gasteiger partial charge in [0.2, 0.25) is 0 Å². The number of amides is 1. The van der Waals surface area contributed by atoms with Crippen molar-refractivity contribution in [3.8, 4) is 0 Å². The van der Waals surface area contributed by atoms with E-state index in [4.69, 9.17) is 0 Å². The van der Waals surface area contributed by atoms with Crippen molar-refractivity contribution in [1.82, 2.24) is 0 Å². The number of para-hydroxylation sites is 1. The molecule has 1 aliphatic rings. The zero-order valence-corrected chi connectivity index (χ0v) is 13.0. The quantitative estimate of drug-likeness (QED) is 0.837. The lowest BCUT2D eigenvalue weighted by Crippen LogP contribution is -2.49. The van der Waals surface area contributed by atoms with E-state index < -0.39 is 0 Å². The fourth-order valence-electron chi connectivity index (χ4n) is 2.80. The molecule has 0 radical (unpaired) electrons. The van der Waals surface area contributed by atoms with Crippen LogP contribution in [-0.4, -0.2) is 18.6 Å². The molecule has 3 rings (SSSR count). The molecular formula is C18H19FN2O. The summed E-state index contributed by atoms with van der Waals surface area (Å²) in [4.78, 5) is 16.4.